The van der Waals surface area contributed by atoms with Crippen molar-refractivity contribution in [3.8, 4) is 0 Å². The van der Waals surface area contributed by atoms with Crippen LogP contribution in [0.1, 0.15) is 68.2 Å². The highest BCUT2D eigenvalue weighted by Gasteiger charge is 2.04. The number of fused-ring (bicyclic) bond motifs is 1. The van der Waals surface area contributed by atoms with Crippen molar-refractivity contribution in [3.05, 3.63) is 77.5 Å². The van der Waals surface area contributed by atoms with E-state index in [4.69, 9.17) is 0 Å². The van der Waals surface area contributed by atoms with Crippen LogP contribution >= 0.6 is 0 Å². The normalized spacial score (nSPS) is 11.3. The van der Waals surface area contributed by atoms with Crippen LogP contribution in [0.25, 0.3) is 16.5 Å². The Balaban J connectivity index is 1.29. The number of allylic oxidation sites excluding steroid dienone is 1. The highest BCUT2D eigenvalue weighted by atomic mass is 14.9. The third-order valence-corrected chi connectivity index (χ3v) is 6.16. The predicted molar refractivity (Wildman–Crippen MR) is 132 cm³/mol. The second kappa shape index (κ2) is 11.2. The molecule has 1 aromatic heterocycles. The van der Waals surface area contributed by atoms with Crippen LogP contribution in [0.5, 0.6) is 0 Å². The molecule has 0 bridgehead atoms. The second-order valence-electron chi connectivity index (χ2n) is 8.60. The van der Waals surface area contributed by atoms with E-state index in [0.29, 0.717) is 0 Å². The summed E-state index contributed by atoms with van der Waals surface area (Å²) in [6, 6.07) is 15.8. The van der Waals surface area contributed by atoms with Gasteiger partial charge in [-0.2, -0.15) is 0 Å². The van der Waals surface area contributed by atoms with Crippen LogP contribution in [0.3, 0.4) is 0 Å². The van der Waals surface area contributed by atoms with Gasteiger partial charge in [0.15, 0.2) is 0 Å². The monoisotopic (exact) mass is 402 g/mol. The van der Waals surface area contributed by atoms with E-state index in [1.165, 1.54) is 77.3 Å². The Kier molecular flexibility index (Phi) is 8.33. The first-order valence-electron chi connectivity index (χ1n) is 11.6. The third-order valence-electron chi connectivity index (χ3n) is 6.16. The molecule has 0 aliphatic heterocycles. The minimum Gasteiger partial charge on any atom is -0.351 e. The van der Waals surface area contributed by atoms with E-state index in [9.17, 15) is 0 Å². The fraction of sp³-hybridized carbons (Fsp3) is 0.429. The zero-order valence-electron chi connectivity index (χ0n) is 19.1. The molecule has 2 aromatic carbocycles. The molecule has 2 nitrogen and oxygen atoms in total. The fourth-order valence-electron chi connectivity index (χ4n) is 4.36. The molecule has 0 spiro atoms. The molecule has 160 valence electrons. The lowest BCUT2D eigenvalue weighted by Crippen LogP contribution is -2.14. The van der Waals surface area contributed by atoms with E-state index in [-0.39, 0.29) is 0 Å². The van der Waals surface area contributed by atoms with Gasteiger partial charge in [-0.25, -0.2) is 0 Å². The average molecular weight is 403 g/mol. The number of hydrogen-bond acceptors (Lipinski definition) is 1. The zero-order chi connectivity index (χ0) is 21.3. The largest absolute Gasteiger partial charge is 0.351 e. The number of aryl methyl sites for hydroxylation is 3. The summed E-state index contributed by atoms with van der Waals surface area (Å²) in [5.74, 6) is 0. The first kappa shape index (κ1) is 22.4. The van der Waals surface area contributed by atoms with Crippen molar-refractivity contribution in [2.45, 2.75) is 65.3 Å². The lowest BCUT2D eigenvalue weighted by molar-refractivity contribution is 0.575. The average Bonchev–Trinajstić information content (AvgIpc) is 3.14. The molecule has 1 N–H and O–H groups in total. The van der Waals surface area contributed by atoms with Crippen molar-refractivity contribution in [1.82, 2.24) is 9.88 Å². The van der Waals surface area contributed by atoms with Gasteiger partial charge in [0.25, 0.3) is 0 Å². The van der Waals surface area contributed by atoms with Gasteiger partial charge in [-0.3, -0.25) is 0 Å². The summed E-state index contributed by atoms with van der Waals surface area (Å²) in [5, 5.41) is 5.00. The number of unbranched alkanes of at least 4 members (excludes halogenated alkanes) is 4. The van der Waals surface area contributed by atoms with Crippen molar-refractivity contribution in [3.63, 3.8) is 0 Å². The number of hydrogen-bond donors (Lipinski definition) is 1. The molecule has 0 radical (unpaired) electrons. The van der Waals surface area contributed by atoms with Crippen molar-refractivity contribution in [1.29, 1.82) is 0 Å². The summed E-state index contributed by atoms with van der Waals surface area (Å²) in [7, 11) is 2.11. The summed E-state index contributed by atoms with van der Waals surface area (Å²) in [6.07, 6.45) is 11.0. The van der Waals surface area contributed by atoms with Crippen LogP contribution < -0.4 is 5.32 Å². The Hall–Kier alpha value is -2.32. The molecule has 3 rings (SSSR count). The number of benzene rings is 2. The van der Waals surface area contributed by atoms with E-state index in [0.717, 1.165) is 19.5 Å². The Morgan fingerprint density at radius 2 is 1.77 bits per heavy atom. The van der Waals surface area contributed by atoms with Gasteiger partial charge in [0.05, 0.1) is 0 Å². The van der Waals surface area contributed by atoms with Crippen molar-refractivity contribution in [2.24, 2.45) is 7.05 Å². The fourth-order valence-corrected chi connectivity index (χ4v) is 4.36. The Morgan fingerprint density at radius 3 is 2.57 bits per heavy atom. The molecule has 3 aromatic rings. The van der Waals surface area contributed by atoms with Gasteiger partial charge in [0.1, 0.15) is 0 Å². The van der Waals surface area contributed by atoms with Crippen molar-refractivity contribution in [2.75, 3.05) is 6.54 Å². The zero-order valence-corrected chi connectivity index (χ0v) is 19.1. The van der Waals surface area contributed by atoms with Crippen LogP contribution in [0.15, 0.2) is 55.2 Å². The minimum absolute atomic E-state index is 0.960. The number of aromatic nitrogens is 1. The lowest BCUT2D eigenvalue weighted by atomic mass is 9.95. The second-order valence-corrected chi connectivity index (χ2v) is 8.60. The summed E-state index contributed by atoms with van der Waals surface area (Å²) >= 11 is 0. The van der Waals surface area contributed by atoms with Gasteiger partial charge in [0, 0.05) is 30.7 Å². The molecular formula is C28H38N2. The van der Waals surface area contributed by atoms with Crippen LogP contribution in [0.2, 0.25) is 0 Å². The molecule has 0 atom stereocenters. The molecule has 30 heavy (non-hydrogen) atoms. The summed E-state index contributed by atoms with van der Waals surface area (Å²) in [5.41, 5.74) is 8.14. The minimum atomic E-state index is 0.960. The highest BCUT2D eigenvalue weighted by molar-refractivity contribution is 5.83. The molecule has 0 aliphatic rings. The first-order valence-corrected chi connectivity index (χ1v) is 11.6. The molecule has 1 heterocycles. The number of nitrogens with zero attached hydrogens (tertiary/aromatic N) is 1. The van der Waals surface area contributed by atoms with E-state index >= 15 is 0 Å². The summed E-state index contributed by atoms with van der Waals surface area (Å²) in [6.45, 7) is 10.5. The van der Waals surface area contributed by atoms with Crippen LogP contribution in [0.4, 0.5) is 0 Å². The number of rotatable bonds is 12. The van der Waals surface area contributed by atoms with Crippen LogP contribution in [0, 0.1) is 0 Å². The Morgan fingerprint density at radius 1 is 0.967 bits per heavy atom. The van der Waals surface area contributed by atoms with E-state index in [1.54, 1.807) is 0 Å². The van der Waals surface area contributed by atoms with E-state index in [2.05, 4.69) is 86.0 Å². The predicted octanol–water partition coefficient (Wildman–Crippen LogP) is 7.06. The van der Waals surface area contributed by atoms with Gasteiger partial charge >= 0.3 is 0 Å². The van der Waals surface area contributed by atoms with Gasteiger partial charge in [-0.05, 0) is 73.5 Å². The summed E-state index contributed by atoms with van der Waals surface area (Å²) < 4.78 is 2.19. The van der Waals surface area contributed by atoms with E-state index < -0.39 is 0 Å². The highest BCUT2D eigenvalue weighted by Crippen LogP contribution is 2.21. The first-order chi connectivity index (χ1) is 14.6. The molecule has 0 unspecified atom stereocenters. The molecule has 0 aliphatic carbocycles. The number of nitrogens with one attached hydrogen (secondary N) is 1. The van der Waals surface area contributed by atoms with Crippen molar-refractivity contribution >= 4 is 16.5 Å². The van der Waals surface area contributed by atoms with Crippen LogP contribution in [-0.4, -0.2) is 11.1 Å². The Bertz CT molecular complexity index is 964. The van der Waals surface area contributed by atoms with Gasteiger partial charge in [-0.1, -0.05) is 68.7 Å². The topological polar surface area (TPSA) is 17.0 Å². The molecular weight excluding hydrogens is 364 g/mol. The smallest absolute Gasteiger partial charge is 0.0480 e. The molecule has 2 heteroatoms. The quantitative estimate of drug-likeness (QED) is 0.321. The van der Waals surface area contributed by atoms with Crippen molar-refractivity contribution < 1.29 is 0 Å². The molecule has 0 saturated carbocycles. The standard InChI is InChI=1S/C28H38N2/c1-5-24-20-23(15-16-26(24)22(2)3)12-9-7-6-8-10-18-29-21-25-13-11-14-28-27(25)17-19-30(28)4/h11,13-17,19-20,29H,2,5-10,12,18,21H2,1,3-4H3. The van der Waals surface area contributed by atoms with Crippen LogP contribution in [-0.2, 0) is 26.4 Å². The molecule has 0 saturated heterocycles. The SMILES string of the molecule is C=C(C)c1ccc(CCCCCCCNCc2cccc3c2ccn3C)cc1CC. The maximum absolute atomic E-state index is 4.11. The molecule has 0 fully saturated rings. The maximum atomic E-state index is 4.11. The summed E-state index contributed by atoms with van der Waals surface area (Å²) in [4.78, 5) is 0. The van der Waals surface area contributed by atoms with Gasteiger partial charge < -0.3 is 9.88 Å². The van der Waals surface area contributed by atoms with E-state index in [1.807, 2.05) is 0 Å². The molecule has 0 amide bonds. The maximum Gasteiger partial charge on any atom is 0.0480 e. The third kappa shape index (κ3) is 5.86. The van der Waals surface area contributed by atoms with Gasteiger partial charge in [-0.15, -0.1) is 0 Å². The lowest BCUT2D eigenvalue weighted by Gasteiger charge is -2.10. The Labute approximate surface area is 183 Å². The van der Waals surface area contributed by atoms with Gasteiger partial charge in [0.2, 0.25) is 0 Å².